The summed E-state index contributed by atoms with van der Waals surface area (Å²) in [6.07, 6.45) is 3.39. The van der Waals surface area contributed by atoms with E-state index in [0.717, 1.165) is 25.4 Å². The lowest BCUT2D eigenvalue weighted by Gasteiger charge is -2.26. The maximum atomic E-state index is 9.66. The van der Waals surface area contributed by atoms with Gasteiger partial charge in [0.2, 0.25) is 0 Å². The molecule has 0 aromatic carbocycles. The molecule has 0 saturated carbocycles. The molecule has 1 unspecified atom stereocenters. The average molecular weight is 171 g/mol. The molecule has 1 heterocycles. The van der Waals surface area contributed by atoms with Gasteiger partial charge in [0, 0.05) is 0 Å². The van der Waals surface area contributed by atoms with Crippen molar-refractivity contribution in [2.45, 2.75) is 39.2 Å². The number of aliphatic hydroxyl groups excluding tert-OH is 1. The molecule has 1 atom stereocenters. The summed E-state index contributed by atoms with van der Waals surface area (Å²) < 4.78 is 0. The van der Waals surface area contributed by atoms with Crippen LogP contribution in [0.15, 0.2) is 0 Å². The van der Waals surface area contributed by atoms with Crippen LogP contribution < -0.4 is 5.32 Å². The minimum absolute atomic E-state index is 0.0897. The van der Waals surface area contributed by atoms with Crippen molar-refractivity contribution in [1.82, 2.24) is 5.32 Å². The van der Waals surface area contributed by atoms with Gasteiger partial charge in [-0.25, -0.2) is 0 Å². The van der Waals surface area contributed by atoms with E-state index in [-0.39, 0.29) is 6.10 Å². The van der Waals surface area contributed by atoms with Gasteiger partial charge in [-0.15, -0.1) is 0 Å². The molecular weight excluding hydrogens is 150 g/mol. The van der Waals surface area contributed by atoms with Gasteiger partial charge in [0.05, 0.1) is 6.10 Å². The van der Waals surface area contributed by atoms with Crippen molar-refractivity contribution in [2.75, 3.05) is 13.1 Å². The van der Waals surface area contributed by atoms with Crippen LogP contribution in [0.3, 0.4) is 0 Å². The summed E-state index contributed by atoms with van der Waals surface area (Å²) in [5.74, 6) is 1.17. The van der Waals surface area contributed by atoms with Crippen LogP contribution in [0.2, 0.25) is 0 Å². The fourth-order valence-electron chi connectivity index (χ4n) is 1.73. The molecule has 1 saturated heterocycles. The Labute approximate surface area is 75.4 Å². The monoisotopic (exact) mass is 171 g/mol. The Morgan fingerprint density at radius 1 is 1.33 bits per heavy atom. The molecule has 0 aliphatic carbocycles. The Balaban J connectivity index is 2.20. The highest BCUT2D eigenvalue weighted by molar-refractivity contribution is 4.72. The molecular formula is C10H21NO. The number of hydrogen-bond acceptors (Lipinski definition) is 2. The van der Waals surface area contributed by atoms with Crippen LogP contribution in [0.1, 0.15) is 33.1 Å². The van der Waals surface area contributed by atoms with E-state index in [1.54, 1.807) is 0 Å². The van der Waals surface area contributed by atoms with Crippen LogP contribution in [0, 0.1) is 11.8 Å². The van der Waals surface area contributed by atoms with E-state index in [0.29, 0.717) is 5.92 Å². The molecule has 12 heavy (non-hydrogen) atoms. The number of rotatable bonds is 3. The maximum absolute atomic E-state index is 9.66. The zero-order valence-corrected chi connectivity index (χ0v) is 8.21. The first-order valence-corrected chi connectivity index (χ1v) is 5.09. The zero-order valence-electron chi connectivity index (χ0n) is 8.21. The van der Waals surface area contributed by atoms with Crippen molar-refractivity contribution in [2.24, 2.45) is 11.8 Å². The Hall–Kier alpha value is -0.0800. The summed E-state index contributed by atoms with van der Waals surface area (Å²) in [7, 11) is 0. The Morgan fingerprint density at radius 2 is 1.92 bits per heavy atom. The van der Waals surface area contributed by atoms with Crippen molar-refractivity contribution < 1.29 is 5.11 Å². The van der Waals surface area contributed by atoms with Gasteiger partial charge in [-0.3, -0.25) is 0 Å². The molecule has 1 fully saturated rings. The lowest BCUT2D eigenvalue weighted by molar-refractivity contribution is 0.0903. The van der Waals surface area contributed by atoms with Gasteiger partial charge >= 0.3 is 0 Å². The minimum Gasteiger partial charge on any atom is -0.393 e. The predicted octanol–water partition coefficient (Wildman–Crippen LogP) is 1.39. The van der Waals surface area contributed by atoms with E-state index in [4.69, 9.17) is 0 Å². The van der Waals surface area contributed by atoms with Crippen molar-refractivity contribution in [1.29, 1.82) is 0 Å². The van der Waals surface area contributed by atoms with E-state index >= 15 is 0 Å². The highest BCUT2D eigenvalue weighted by Crippen LogP contribution is 2.20. The van der Waals surface area contributed by atoms with Crippen LogP contribution >= 0.6 is 0 Å². The standard InChI is InChI=1S/C10H21NO/c1-8(2)10(12)7-9-3-5-11-6-4-9/h8-12H,3-7H2,1-2H3. The maximum Gasteiger partial charge on any atom is 0.0565 e. The van der Waals surface area contributed by atoms with E-state index < -0.39 is 0 Å². The zero-order chi connectivity index (χ0) is 8.97. The van der Waals surface area contributed by atoms with Crippen LogP contribution in [-0.2, 0) is 0 Å². The van der Waals surface area contributed by atoms with Gasteiger partial charge in [0.25, 0.3) is 0 Å². The molecule has 0 aromatic heterocycles. The second-order valence-corrected chi connectivity index (χ2v) is 4.24. The summed E-state index contributed by atoms with van der Waals surface area (Å²) in [6, 6.07) is 0. The Bertz CT molecular complexity index is 119. The summed E-state index contributed by atoms with van der Waals surface area (Å²) in [6.45, 7) is 6.45. The van der Waals surface area contributed by atoms with Crippen molar-refractivity contribution >= 4 is 0 Å². The second-order valence-electron chi connectivity index (χ2n) is 4.24. The second kappa shape index (κ2) is 4.83. The normalized spacial score (nSPS) is 23.0. The number of aliphatic hydroxyl groups is 1. The van der Waals surface area contributed by atoms with Gasteiger partial charge in [0.1, 0.15) is 0 Å². The molecule has 2 nitrogen and oxygen atoms in total. The van der Waals surface area contributed by atoms with E-state index in [2.05, 4.69) is 19.2 Å². The first-order chi connectivity index (χ1) is 5.70. The third-order valence-electron chi connectivity index (χ3n) is 2.80. The van der Waals surface area contributed by atoms with E-state index in [9.17, 15) is 5.11 Å². The van der Waals surface area contributed by atoms with E-state index in [1.807, 2.05) is 0 Å². The van der Waals surface area contributed by atoms with Gasteiger partial charge in [-0.2, -0.15) is 0 Å². The summed E-state index contributed by atoms with van der Waals surface area (Å²) in [5, 5.41) is 13.0. The molecule has 0 aromatic rings. The highest BCUT2D eigenvalue weighted by atomic mass is 16.3. The fourth-order valence-corrected chi connectivity index (χ4v) is 1.73. The van der Waals surface area contributed by atoms with Crippen LogP contribution in [0.5, 0.6) is 0 Å². The SMILES string of the molecule is CC(C)C(O)CC1CCNCC1. The lowest BCUT2D eigenvalue weighted by Crippen LogP contribution is -2.30. The van der Waals surface area contributed by atoms with Crippen LogP contribution in [-0.4, -0.2) is 24.3 Å². The van der Waals surface area contributed by atoms with Gasteiger partial charge in [-0.05, 0) is 44.2 Å². The predicted molar refractivity (Wildman–Crippen MR) is 51.1 cm³/mol. The average Bonchev–Trinajstić information content (AvgIpc) is 2.06. The third-order valence-corrected chi connectivity index (χ3v) is 2.80. The molecule has 1 aliphatic rings. The highest BCUT2D eigenvalue weighted by Gasteiger charge is 2.18. The molecule has 0 spiro atoms. The number of hydrogen-bond donors (Lipinski definition) is 2. The van der Waals surface area contributed by atoms with Gasteiger partial charge in [-0.1, -0.05) is 13.8 Å². The van der Waals surface area contributed by atoms with E-state index in [1.165, 1.54) is 12.8 Å². The quantitative estimate of drug-likeness (QED) is 0.672. The first kappa shape index (κ1) is 10.0. The van der Waals surface area contributed by atoms with Gasteiger partial charge < -0.3 is 10.4 Å². The molecule has 0 bridgehead atoms. The summed E-state index contributed by atoms with van der Waals surface area (Å²) in [5.41, 5.74) is 0. The topological polar surface area (TPSA) is 32.3 Å². The molecule has 72 valence electrons. The molecule has 1 rings (SSSR count). The molecule has 1 aliphatic heterocycles. The van der Waals surface area contributed by atoms with Crippen molar-refractivity contribution in [3.8, 4) is 0 Å². The number of nitrogens with one attached hydrogen (secondary N) is 1. The largest absolute Gasteiger partial charge is 0.393 e. The lowest BCUT2D eigenvalue weighted by atomic mass is 9.89. The summed E-state index contributed by atoms with van der Waals surface area (Å²) >= 11 is 0. The van der Waals surface area contributed by atoms with Crippen LogP contribution in [0.25, 0.3) is 0 Å². The van der Waals surface area contributed by atoms with Crippen LogP contribution in [0.4, 0.5) is 0 Å². The fraction of sp³-hybridized carbons (Fsp3) is 1.00. The Kier molecular flexibility index (Phi) is 4.02. The molecule has 0 amide bonds. The summed E-state index contributed by atoms with van der Waals surface area (Å²) in [4.78, 5) is 0. The molecule has 0 radical (unpaired) electrons. The van der Waals surface area contributed by atoms with Crippen molar-refractivity contribution in [3.63, 3.8) is 0 Å². The van der Waals surface area contributed by atoms with Crippen molar-refractivity contribution in [3.05, 3.63) is 0 Å². The third kappa shape index (κ3) is 3.11. The first-order valence-electron chi connectivity index (χ1n) is 5.09. The Morgan fingerprint density at radius 3 is 2.42 bits per heavy atom. The van der Waals surface area contributed by atoms with Gasteiger partial charge in [0.15, 0.2) is 0 Å². The molecule has 2 N–H and O–H groups in total. The smallest absolute Gasteiger partial charge is 0.0565 e. The number of piperidine rings is 1. The minimum atomic E-state index is -0.0897. The molecule has 2 heteroatoms.